The number of rotatable bonds is 5. The number of morpholine rings is 1. The number of fused-ring (bicyclic) bond motifs is 2. The van der Waals surface area contributed by atoms with Gasteiger partial charge in [0.1, 0.15) is 10.6 Å². The Balaban J connectivity index is 1.26. The Bertz CT molecular complexity index is 1530. The highest BCUT2D eigenvalue weighted by molar-refractivity contribution is 7.19. The van der Waals surface area contributed by atoms with Crippen molar-refractivity contribution in [1.82, 2.24) is 30.0 Å². The molecule has 9 nitrogen and oxygen atoms in total. The first kappa shape index (κ1) is 23.2. The third kappa shape index (κ3) is 4.30. The molecule has 0 atom stereocenters. The van der Waals surface area contributed by atoms with Gasteiger partial charge in [-0.1, -0.05) is 12.1 Å². The number of piperidine rings is 1. The number of benzene rings is 1. The minimum Gasteiger partial charge on any atom is -0.384 e. The van der Waals surface area contributed by atoms with E-state index in [-0.39, 0.29) is 0 Å². The molecule has 2 saturated heterocycles. The van der Waals surface area contributed by atoms with Crippen LogP contribution in [0.25, 0.3) is 32.5 Å². The molecule has 4 aromatic heterocycles. The summed E-state index contributed by atoms with van der Waals surface area (Å²) in [6.45, 7) is 5.43. The summed E-state index contributed by atoms with van der Waals surface area (Å²) in [5.41, 5.74) is 1.92. The fourth-order valence-corrected chi connectivity index (χ4v) is 7.18. The molecule has 6 heterocycles. The smallest absolute Gasteiger partial charge is 0.162 e. The zero-order valence-electron chi connectivity index (χ0n) is 20.3. The summed E-state index contributed by atoms with van der Waals surface area (Å²) in [4.78, 5) is 20.2. The molecule has 0 amide bonds. The van der Waals surface area contributed by atoms with E-state index in [1.807, 2.05) is 36.0 Å². The summed E-state index contributed by atoms with van der Waals surface area (Å²) >= 11 is 3.32. The van der Waals surface area contributed by atoms with Gasteiger partial charge in [0.2, 0.25) is 0 Å². The highest BCUT2D eigenvalue weighted by atomic mass is 32.1. The molecule has 0 bridgehead atoms. The number of nitrogens with one attached hydrogen (secondary N) is 1. The molecular weight excluding hydrogens is 506 g/mol. The average Bonchev–Trinajstić information content (AvgIpc) is 3.71. The molecule has 2 aliphatic rings. The van der Waals surface area contributed by atoms with Crippen LogP contribution in [0.2, 0.25) is 0 Å². The van der Waals surface area contributed by atoms with E-state index in [1.165, 1.54) is 0 Å². The lowest BCUT2D eigenvalue weighted by Gasteiger charge is -2.37. The van der Waals surface area contributed by atoms with E-state index in [4.69, 9.17) is 14.7 Å². The van der Waals surface area contributed by atoms with Gasteiger partial charge in [-0.3, -0.25) is 10.00 Å². The molecular formula is C26H27N7O2S2. The van der Waals surface area contributed by atoms with Crippen molar-refractivity contribution in [1.29, 1.82) is 0 Å². The molecule has 2 aliphatic heterocycles. The normalized spacial score (nSPS) is 18.7. The maximum Gasteiger partial charge on any atom is 0.162 e. The molecule has 0 aliphatic carbocycles. The average molecular weight is 534 g/mol. The second-order valence-corrected chi connectivity index (χ2v) is 11.7. The number of aromatic amines is 1. The number of thiophene rings is 1. The Kier molecular flexibility index (Phi) is 5.89. The maximum atomic E-state index is 11.8. The molecule has 37 heavy (non-hydrogen) atoms. The maximum absolute atomic E-state index is 11.8. The molecule has 7 rings (SSSR count). The van der Waals surface area contributed by atoms with Gasteiger partial charge in [0.05, 0.1) is 41.7 Å². The molecule has 190 valence electrons. The van der Waals surface area contributed by atoms with Crippen LogP contribution in [0.15, 0.2) is 42.0 Å². The van der Waals surface area contributed by atoms with Crippen molar-refractivity contribution in [2.45, 2.75) is 25.0 Å². The highest BCUT2D eigenvalue weighted by Crippen LogP contribution is 2.43. The van der Waals surface area contributed by atoms with Crippen LogP contribution in [0.4, 0.5) is 5.82 Å². The fourth-order valence-electron chi connectivity index (χ4n) is 5.27. The topological polar surface area (TPSA) is 103 Å². The Hall–Kier alpha value is -2.96. The van der Waals surface area contributed by atoms with Crippen LogP contribution in [0.1, 0.15) is 22.7 Å². The number of hydrogen-bond donors (Lipinski definition) is 2. The van der Waals surface area contributed by atoms with Crippen LogP contribution in [0.3, 0.4) is 0 Å². The Morgan fingerprint density at radius 1 is 1.11 bits per heavy atom. The molecule has 5 aromatic rings. The van der Waals surface area contributed by atoms with Gasteiger partial charge in [0.15, 0.2) is 11.6 Å². The largest absolute Gasteiger partial charge is 0.384 e. The van der Waals surface area contributed by atoms with Crippen molar-refractivity contribution in [2.75, 3.05) is 44.3 Å². The number of aromatic nitrogens is 5. The zero-order valence-corrected chi connectivity index (χ0v) is 21.9. The van der Waals surface area contributed by atoms with Gasteiger partial charge in [0, 0.05) is 53.6 Å². The van der Waals surface area contributed by atoms with Gasteiger partial charge in [-0.05, 0) is 25.0 Å². The summed E-state index contributed by atoms with van der Waals surface area (Å²) in [6, 6.07) is 8.13. The van der Waals surface area contributed by atoms with Gasteiger partial charge in [-0.2, -0.15) is 5.10 Å². The van der Waals surface area contributed by atoms with Crippen LogP contribution >= 0.6 is 22.7 Å². The van der Waals surface area contributed by atoms with Crippen molar-refractivity contribution in [2.24, 2.45) is 0 Å². The quantitative estimate of drug-likeness (QED) is 0.349. The Labute approximate surface area is 221 Å². The van der Waals surface area contributed by atoms with Crippen molar-refractivity contribution in [3.8, 4) is 11.4 Å². The van der Waals surface area contributed by atoms with E-state index >= 15 is 0 Å². The molecule has 11 heteroatoms. The van der Waals surface area contributed by atoms with E-state index in [9.17, 15) is 5.11 Å². The number of thiazole rings is 1. The van der Waals surface area contributed by atoms with E-state index in [0.717, 1.165) is 75.1 Å². The van der Waals surface area contributed by atoms with Crippen LogP contribution in [0.5, 0.6) is 0 Å². The first-order valence-corrected chi connectivity index (χ1v) is 14.3. The summed E-state index contributed by atoms with van der Waals surface area (Å²) < 4.78 is 6.64. The Morgan fingerprint density at radius 3 is 2.78 bits per heavy atom. The van der Waals surface area contributed by atoms with E-state index in [2.05, 4.69) is 31.0 Å². The van der Waals surface area contributed by atoms with Gasteiger partial charge in [-0.25, -0.2) is 15.0 Å². The van der Waals surface area contributed by atoms with Crippen LogP contribution in [-0.4, -0.2) is 74.5 Å². The summed E-state index contributed by atoms with van der Waals surface area (Å²) in [5.74, 6) is 1.60. The van der Waals surface area contributed by atoms with Gasteiger partial charge in [0.25, 0.3) is 0 Å². The summed E-state index contributed by atoms with van der Waals surface area (Å²) in [7, 11) is 0. The second kappa shape index (κ2) is 9.41. The molecule has 0 unspecified atom stereocenters. The zero-order chi connectivity index (χ0) is 24.8. The standard InChI is InChI=1S/C26H27N7O2S2/c34-26(4-7-32(8-5-26)16-22-27-6-13-36-22)21-14-20-23(37-21)25(33-9-11-35-12-10-33)30-24(29-20)17-2-1-3-19-18(17)15-28-31-19/h1-3,6,13-15,34H,4-5,7-12,16H2,(H,28,31). The minimum atomic E-state index is -0.863. The molecule has 0 spiro atoms. The fraction of sp³-hybridized carbons (Fsp3) is 0.385. The predicted octanol–water partition coefficient (Wildman–Crippen LogP) is 4.01. The summed E-state index contributed by atoms with van der Waals surface area (Å²) in [5, 5.41) is 23.2. The number of ether oxygens (including phenoxy) is 1. The lowest BCUT2D eigenvalue weighted by atomic mass is 9.90. The van der Waals surface area contributed by atoms with Crippen molar-refractivity contribution in [3.05, 3.63) is 51.9 Å². The van der Waals surface area contributed by atoms with Crippen LogP contribution < -0.4 is 4.90 Å². The third-order valence-corrected chi connectivity index (χ3v) is 9.45. The number of likely N-dealkylation sites (tertiary alicyclic amines) is 1. The SMILES string of the molecule is OC1(c2cc3nc(-c4cccc5[nH]ncc45)nc(N4CCOCC4)c3s2)CCN(Cc2nccs2)CC1. The molecule has 0 radical (unpaired) electrons. The monoisotopic (exact) mass is 533 g/mol. The van der Waals surface area contributed by atoms with Gasteiger partial charge in [-0.15, -0.1) is 22.7 Å². The molecule has 2 fully saturated rings. The number of H-pyrrole nitrogens is 1. The highest BCUT2D eigenvalue weighted by Gasteiger charge is 2.36. The second-order valence-electron chi connectivity index (χ2n) is 9.67. The number of hydrogen-bond acceptors (Lipinski definition) is 10. The Morgan fingerprint density at radius 2 is 1.97 bits per heavy atom. The number of aliphatic hydroxyl groups is 1. The summed E-state index contributed by atoms with van der Waals surface area (Å²) in [6.07, 6.45) is 5.05. The van der Waals surface area contributed by atoms with Crippen molar-refractivity contribution >= 4 is 49.6 Å². The lowest BCUT2D eigenvalue weighted by molar-refractivity contribution is -0.0247. The lowest BCUT2D eigenvalue weighted by Crippen LogP contribution is -2.41. The van der Waals surface area contributed by atoms with Gasteiger partial charge < -0.3 is 14.7 Å². The number of nitrogens with zero attached hydrogens (tertiary/aromatic N) is 6. The van der Waals surface area contributed by atoms with Crippen LogP contribution in [-0.2, 0) is 16.9 Å². The van der Waals surface area contributed by atoms with Crippen LogP contribution in [0, 0.1) is 0 Å². The first-order valence-electron chi connectivity index (χ1n) is 12.6. The predicted molar refractivity (Wildman–Crippen MR) is 146 cm³/mol. The van der Waals surface area contributed by atoms with E-state index in [0.29, 0.717) is 31.9 Å². The number of anilines is 1. The van der Waals surface area contributed by atoms with Gasteiger partial charge >= 0.3 is 0 Å². The molecule has 2 N–H and O–H groups in total. The van der Waals surface area contributed by atoms with Crippen molar-refractivity contribution < 1.29 is 9.84 Å². The first-order chi connectivity index (χ1) is 18.2. The molecule has 1 aromatic carbocycles. The van der Waals surface area contributed by atoms with Crippen molar-refractivity contribution in [3.63, 3.8) is 0 Å². The minimum absolute atomic E-state index is 0.676. The van der Waals surface area contributed by atoms with E-state index < -0.39 is 5.60 Å². The third-order valence-electron chi connectivity index (χ3n) is 7.37. The molecule has 0 saturated carbocycles. The van der Waals surface area contributed by atoms with E-state index in [1.54, 1.807) is 22.7 Å².